The average molecular weight is 399 g/mol. The molecule has 0 aliphatic heterocycles. The second-order valence-corrected chi connectivity index (χ2v) is 7.44. The summed E-state index contributed by atoms with van der Waals surface area (Å²) in [4.78, 5) is 20.8. The van der Waals surface area contributed by atoms with Crippen LogP contribution in [0.1, 0.15) is 29.4 Å². The molecule has 0 saturated carbocycles. The summed E-state index contributed by atoms with van der Waals surface area (Å²) < 4.78 is 0. The number of imidazole rings is 1. The summed E-state index contributed by atoms with van der Waals surface area (Å²) in [6.07, 6.45) is 1.07. The number of hydrogen-bond acceptors (Lipinski definition) is 3. The first kappa shape index (κ1) is 19.7. The second kappa shape index (κ2) is 9.27. The Hall–Kier alpha value is -3.60. The molecule has 0 aliphatic carbocycles. The van der Waals surface area contributed by atoms with E-state index in [9.17, 15) is 4.79 Å². The maximum atomic E-state index is 12.7. The lowest BCUT2D eigenvalue weighted by molar-refractivity contribution is -0.121. The number of benzene rings is 3. The molecule has 152 valence electrons. The van der Waals surface area contributed by atoms with Gasteiger partial charge >= 0.3 is 0 Å². The molecule has 0 aliphatic rings. The van der Waals surface area contributed by atoms with Gasteiger partial charge in [0.1, 0.15) is 5.82 Å². The maximum absolute atomic E-state index is 12.7. The van der Waals surface area contributed by atoms with Crippen molar-refractivity contribution in [2.24, 2.45) is 0 Å². The van der Waals surface area contributed by atoms with Crippen molar-refractivity contribution >= 4 is 22.6 Å². The van der Waals surface area contributed by atoms with E-state index < -0.39 is 0 Å². The number of nitrogens with one attached hydrogen (secondary N) is 3. The van der Waals surface area contributed by atoms with E-state index in [0.717, 1.165) is 28.1 Å². The van der Waals surface area contributed by atoms with E-state index >= 15 is 0 Å². The van der Waals surface area contributed by atoms with Crippen molar-refractivity contribution in [3.8, 4) is 0 Å². The molecule has 3 N–H and O–H groups in total. The molecule has 30 heavy (non-hydrogen) atoms. The molecular weight excluding hydrogens is 372 g/mol. The highest BCUT2D eigenvalue weighted by Crippen LogP contribution is 2.20. The van der Waals surface area contributed by atoms with Crippen LogP contribution in [0.2, 0.25) is 0 Å². The van der Waals surface area contributed by atoms with Crippen molar-refractivity contribution in [3.63, 3.8) is 0 Å². The van der Waals surface area contributed by atoms with Crippen LogP contribution in [-0.4, -0.2) is 22.4 Å². The SMILES string of the molecule is Cc1ccccc1NCCC(=O)N[C@@H](Cc1ccccc1)c1nc2ccccc2[nH]1. The molecule has 0 bridgehead atoms. The minimum Gasteiger partial charge on any atom is -0.384 e. The number of amides is 1. The standard InChI is InChI=1S/C25H26N4O/c1-18-9-5-6-12-20(18)26-16-15-24(30)27-23(17-19-10-3-2-4-11-19)25-28-21-13-7-8-14-22(21)29-25/h2-14,23,26H,15-17H2,1H3,(H,27,30)(H,28,29)/t23-/m0/s1. The van der Waals surface area contributed by atoms with Crippen molar-refractivity contribution < 1.29 is 4.79 Å². The van der Waals surface area contributed by atoms with E-state index in [0.29, 0.717) is 19.4 Å². The van der Waals surface area contributed by atoms with E-state index in [2.05, 4.69) is 40.7 Å². The van der Waals surface area contributed by atoms with Crippen molar-refractivity contribution in [2.45, 2.75) is 25.8 Å². The maximum Gasteiger partial charge on any atom is 0.222 e. The van der Waals surface area contributed by atoms with Gasteiger partial charge < -0.3 is 15.6 Å². The number of hydrogen-bond donors (Lipinski definition) is 3. The average Bonchev–Trinajstić information content (AvgIpc) is 3.20. The van der Waals surface area contributed by atoms with Crippen LogP contribution in [0.15, 0.2) is 78.9 Å². The zero-order valence-electron chi connectivity index (χ0n) is 17.1. The van der Waals surface area contributed by atoms with Crippen LogP contribution >= 0.6 is 0 Å². The summed E-state index contributed by atoms with van der Waals surface area (Å²) in [5, 5.41) is 6.51. The lowest BCUT2D eigenvalue weighted by atomic mass is 10.1. The Bertz CT molecular complexity index is 1090. The summed E-state index contributed by atoms with van der Waals surface area (Å²) in [6, 6.07) is 26.0. The fraction of sp³-hybridized carbons (Fsp3) is 0.200. The van der Waals surface area contributed by atoms with Crippen LogP contribution in [0.5, 0.6) is 0 Å². The predicted octanol–water partition coefficient (Wildman–Crippen LogP) is 4.77. The van der Waals surface area contributed by atoms with Gasteiger partial charge in [0.25, 0.3) is 0 Å². The summed E-state index contributed by atoms with van der Waals surface area (Å²) in [7, 11) is 0. The van der Waals surface area contributed by atoms with Gasteiger partial charge in [0, 0.05) is 18.7 Å². The topological polar surface area (TPSA) is 69.8 Å². The Labute approximate surface area is 176 Å². The first-order chi connectivity index (χ1) is 14.7. The highest BCUT2D eigenvalue weighted by atomic mass is 16.1. The number of rotatable bonds is 8. The van der Waals surface area contributed by atoms with E-state index in [1.54, 1.807) is 0 Å². The third kappa shape index (κ3) is 4.87. The minimum absolute atomic E-state index is 0.00234. The number of aromatic nitrogens is 2. The molecule has 5 nitrogen and oxygen atoms in total. The molecule has 0 spiro atoms. The van der Waals surface area contributed by atoms with E-state index in [4.69, 9.17) is 4.98 Å². The van der Waals surface area contributed by atoms with Gasteiger partial charge in [0.05, 0.1) is 17.1 Å². The van der Waals surface area contributed by atoms with Crippen molar-refractivity contribution in [3.05, 3.63) is 95.8 Å². The molecule has 3 aromatic carbocycles. The Kier molecular flexibility index (Phi) is 6.09. The number of anilines is 1. The normalized spacial score (nSPS) is 11.9. The van der Waals surface area contributed by atoms with Gasteiger partial charge in [0.2, 0.25) is 5.91 Å². The molecule has 4 aromatic rings. The Morgan fingerprint density at radius 3 is 2.50 bits per heavy atom. The Morgan fingerprint density at radius 2 is 1.70 bits per heavy atom. The van der Waals surface area contributed by atoms with Crippen molar-refractivity contribution in [2.75, 3.05) is 11.9 Å². The molecule has 0 radical (unpaired) electrons. The number of para-hydroxylation sites is 3. The third-order valence-corrected chi connectivity index (χ3v) is 5.17. The number of aromatic amines is 1. The van der Waals surface area contributed by atoms with Gasteiger partial charge in [-0.2, -0.15) is 0 Å². The van der Waals surface area contributed by atoms with Crippen LogP contribution in [-0.2, 0) is 11.2 Å². The van der Waals surface area contributed by atoms with Gasteiger partial charge in [-0.1, -0.05) is 60.7 Å². The molecule has 1 amide bonds. The van der Waals surface area contributed by atoms with Gasteiger partial charge in [-0.15, -0.1) is 0 Å². The largest absolute Gasteiger partial charge is 0.384 e. The summed E-state index contributed by atoms with van der Waals surface area (Å²) >= 11 is 0. The molecule has 0 fully saturated rings. The van der Waals surface area contributed by atoms with Gasteiger partial charge in [0.15, 0.2) is 0 Å². The van der Waals surface area contributed by atoms with Crippen LogP contribution < -0.4 is 10.6 Å². The second-order valence-electron chi connectivity index (χ2n) is 7.44. The first-order valence-corrected chi connectivity index (χ1v) is 10.3. The molecule has 4 rings (SSSR count). The van der Waals surface area contributed by atoms with E-state index in [-0.39, 0.29) is 11.9 Å². The fourth-order valence-electron chi connectivity index (χ4n) is 3.55. The Morgan fingerprint density at radius 1 is 0.967 bits per heavy atom. The molecule has 1 aromatic heterocycles. The van der Waals surface area contributed by atoms with E-state index in [1.807, 2.05) is 60.7 Å². The Balaban J connectivity index is 1.45. The monoisotopic (exact) mass is 398 g/mol. The highest BCUT2D eigenvalue weighted by Gasteiger charge is 2.19. The van der Waals surface area contributed by atoms with Gasteiger partial charge in [-0.25, -0.2) is 4.98 Å². The van der Waals surface area contributed by atoms with Gasteiger partial charge in [-0.3, -0.25) is 4.79 Å². The van der Waals surface area contributed by atoms with Crippen LogP contribution in [0.4, 0.5) is 5.69 Å². The van der Waals surface area contributed by atoms with Crippen LogP contribution in [0.25, 0.3) is 11.0 Å². The molecule has 0 unspecified atom stereocenters. The van der Waals surface area contributed by atoms with Gasteiger partial charge in [-0.05, 0) is 42.7 Å². The van der Waals surface area contributed by atoms with Crippen LogP contribution in [0, 0.1) is 6.92 Å². The molecule has 0 saturated heterocycles. The lowest BCUT2D eigenvalue weighted by Gasteiger charge is -2.17. The van der Waals surface area contributed by atoms with Crippen molar-refractivity contribution in [1.82, 2.24) is 15.3 Å². The zero-order chi connectivity index (χ0) is 20.8. The first-order valence-electron chi connectivity index (χ1n) is 10.3. The van der Waals surface area contributed by atoms with E-state index in [1.165, 1.54) is 5.56 Å². The third-order valence-electron chi connectivity index (χ3n) is 5.17. The number of H-pyrrole nitrogens is 1. The molecule has 1 heterocycles. The fourth-order valence-corrected chi connectivity index (χ4v) is 3.55. The molecular formula is C25H26N4O. The number of aryl methyl sites for hydroxylation is 1. The quantitative estimate of drug-likeness (QED) is 0.400. The number of carbonyl (C=O) groups excluding carboxylic acids is 1. The minimum atomic E-state index is -0.217. The zero-order valence-corrected chi connectivity index (χ0v) is 17.1. The number of carbonyl (C=O) groups is 1. The summed E-state index contributed by atoms with van der Waals surface area (Å²) in [5.74, 6) is 0.776. The predicted molar refractivity (Wildman–Crippen MR) is 121 cm³/mol. The van der Waals surface area contributed by atoms with Crippen LogP contribution in [0.3, 0.4) is 0 Å². The lowest BCUT2D eigenvalue weighted by Crippen LogP contribution is -2.31. The summed E-state index contributed by atoms with van der Waals surface area (Å²) in [5.41, 5.74) is 5.26. The number of nitrogens with zero attached hydrogens (tertiary/aromatic N) is 1. The molecule has 1 atom stereocenters. The number of fused-ring (bicyclic) bond motifs is 1. The smallest absolute Gasteiger partial charge is 0.222 e. The highest BCUT2D eigenvalue weighted by molar-refractivity contribution is 5.78. The molecule has 5 heteroatoms. The van der Waals surface area contributed by atoms with Crippen molar-refractivity contribution in [1.29, 1.82) is 0 Å². The summed E-state index contributed by atoms with van der Waals surface area (Å²) in [6.45, 7) is 2.63.